The Balaban J connectivity index is 1.34. The van der Waals surface area contributed by atoms with E-state index >= 15 is 0 Å². The molecule has 2 aliphatic rings. The number of aromatic nitrogens is 2. The molecule has 6 nitrogen and oxygen atoms in total. The molecule has 4 rings (SSSR count). The number of amides is 2. The van der Waals surface area contributed by atoms with Crippen LogP contribution in [0, 0.1) is 11.7 Å². The first kappa shape index (κ1) is 17.0. The molecule has 138 valence electrons. The lowest BCUT2D eigenvalue weighted by Gasteiger charge is -2.34. The van der Waals surface area contributed by atoms with Crippen molar-refractivity contribution in [3.05, 3.63) is 29.8 Å². The van der Waals surface area contributed by atoms with E-state index in [4.69, 9.17) is 0 Å². The minimum atomic E-state index is -0.346. The van der Waals surface area contributed by atoms with Crippen molar-refractivity contribution in [2.75, 3.05) is 13.1 Å². The fraction of sp³-hybridized carbons (Fsp3) is 0.526. The predicted octanol–water partition coefficient (Wildman–Crippen LogP) is 2.15. The van der Waals surface area contributed by atoms with E-state index in [0.29, 0.717) is 36.4 Å². The van der Waals surface area contributed by atoms with Gasteiger partial charge in [-0.25, -0.2) is 9.37 Å². The fourth-order valence-electron chi connectivity index (χ4n) is 3.61. The third-order valence-electron chi connectivity index (χ3n) is 5.17. The van der Waals surface area contributed by atoms with Crippen LogP contribution in [0.3, 0.4) is 0 Å². The second-order valence-electron chi connectivity index (χ2n) is 7.20. The van der Waals surface area contributed by atoms with Crippen molar-refractivity contribution in [3.63, 3.8) is 0 Å². The molecule has 1 atom stereocenters. The number of carbonyl (C=O) groups excluding carboxylic acids is 2. The molecule has 1 aromatic carbocycles. The number of benzene rings is 1. The number of fused-ring (bicyclic) bond motifs is 1. The van der Waals surface area contributed by atoms with Gasteiger partial charge in [0.25, 0.3) is 0 Å². The number of piperidine rings is 1. The Labute approximate surface area is 151 Å². The van der Waals surface area contributed by atoms with Crippen LogP contribution < -0.4 is 5.32 Å². The molecule has 2 fully saturated rings. The lowest BCUT2D eigenvalue weighted by Crippen LogP contribution is -2.52. The van der Waals surface area contributed by atoms with Crippen LogP contribution in [0.25, 0.3) is 11.0 Å². The molecule has 0 unspecified atom stereocenters. The number of carbonyl (C=O) groups is 2. The number of nitrogens with zero attached hydrogens (tertiary/aromatic N) is 2. The van der Waals surface area contributed by atoms with E-state index in [2.05, 4.69) is 15.3 Å². The van der Waals surface area contributed by atoms with Crippen LogP contribution >= 0.6 is 0 Å². The number of hydrogen-bond donors (Lipinski definition) is 2. The molecule has 0 radical (unpaired) electrons. The van der Waals surface area contributed by atoms with Gasteiger partial charge in [-0.3, -0.25) is 9.59 Å². The van der Waals surface area contributed by atoms with Crippen LogP contribution in [0.5, 0.6) is 0 Å². The molecule has 2 N–H and O–H groups in total. The highest BCUT2D eigenvalue weighted by atomic mass is 19.1. The lowest BCUT2D eigenvalue weighted by atomic mass is 10.0. The monoisotopic (exact) mass is 358 g/mol. The minimum Gasteiger partial charge on any atom is -0.354 e. The van der Waals surface area contributed by atoms with Crippen LogP contribution in [0.2, 0.25) is 0 Å². The Morgan fingerprint density at radius 1 is 1.27 bits per heavy atom. The van der Waals surface area contributed by atoms with Gasteiger partial charge >= 0.3 is 0 Å². The van der Waals surface area contributed by atoms with E-state index in [1.54, 1.807) is 11.0 Å². The maximum atomic E-state index is 13.2. The molecule has 1 aliphatic heterocycles. The summed E-state index contributed by atoms with van der Waals surface area (Å²) in [4.78, 5) is 34.2. The average Bonchev–Trinajstić information content (AvgIpc) is 3.41. The van der Waals surface area contributed by atoms with Gasteiger partial charge in [0.2, 0.25) is 11.8 Å². The molecule has 26 heavy (non-hydrogen) atoms. The third-order valence-corrected chi connectivity index (χ3v) is 5.17. The number of imidazole rings is 1. The Kier molecular flexibility index (Phi) is 4.61. The van der Waals surface area contributed by atoms with Crippen molar-refractivity contribution in [1.82, 2.24) is 20.2 Å². The van der Waals surface area contributed by atoms with Gasteiger partial charge in [-0.1, -0.05) is 0 Å². The molecule has 1 aliphatic carbocycles. The van der Waals surface area contributed by atoms with Crippen molar-refractivity contribution in [2.45, 2.75) is 44.6 Å². The van der Waals surface area contributed by atoms with E-state index in [1.165, 1.54) is 12.1 Å². The molecule has 0 spiro atoms. The number of hydrogen-bond acceptors (Lipinski definition) is 3. The molecule has 7 heteroatoms. The van der Waals surface area contributed by atoms with Gasteiger partial charge in [0.15, 0.2) is 0 Å². The quantitative estimate of drug-likeness (QED) is 0.860. The van der Waals surface area contributed by atoms with E-state index in [9.17, 15) is 14.0 Å². The molecule has 1 saturated carbocycles. The van der Waals surface area contributed by atoms with Crippen LogP contribution in [0.15, 0.2) is 18.2 Å². The van der Waals surface area contributed by atoms with Crippen LogP contribution in [-0.2, 0) is 16.0 Å². The van der Waals surface area contributed by atoms with Crippen molar-refractivity contribution < 1.29 is 14.0 Å². The van der Waals surface area contributed by atoms with Crippen LogP contribution in [0.1, 0.15) is 37.9 Å². The van der Waals surface area contributed by atoms with E-state index in [0.717, 1.165) is 32.1 Å². The van der Waals surface area contributed by atoms with E-state index in [-0.39, 0.29) is 29.6 Å². The van der Waals surface area contributed by atoms with Crippen molar-refractivity contribution in [1.29, 1.82) is 0 Å². The molecular formula is C19H23FN4O2. The zero-order chi connectivity index (χ0) is 18.1. The number of rotatable bonds is 5. The predicted molar refractivity (Wildman–Crippen MR) is 94.8 cm³/mol. The second kappa shape index (κ2) is 7.05. The molecule has 1 saturated heterocycles. The van der Waals surface area contributed by atoms with Gasteiger partial charge in [-0.05, 0) is 50.3 Å². The summed E-state index contributed by atoms with van der Waals surface area (Å²) in [5.41, 5.74) is 1.36. The fourth-order valence-corrected chi connectivity index (χ4v) is 3.61. The molecule has 1 aromatic heterocycles. The first-order valence-corrected chi connectivity index (χ1v) is 9.34. The average molecular weight is 358 g/mol. The lowest BCUT2D eigenvalue weighted by molar-refractivity contribution is -0.143. The first-order chi connectivity index (χ1) is 12.6. The molecule has 0 bridgehead atoms. The number of nitrogens with one attached hydrogen (secondary N) is 2. The number of H-pyrrole nitrogens is 1. The zero-order valence-electron chi connectivity index (χ0n) is 14.6. The van der Waals surface area contributed by atoms with Crippen molar-refractivity contribution >= 4 is 22.8 Å². The Hall–Kier alpha value is -2.44. The Morgan fingerprint density at radius 2 is 2.12 bits per heavy atom. The minimum absolute atomic E-state index is 0.0825. The summed E-state index contributed by atoms with van der Waals surface area (Å²) >= 11 is 0. The highest BCUT2D eigenvalue weighted by Crippen LogP contribution is 2.33. The number of aromatic amines is 1. The summed E-state index contributed by atoms with van der Waals surface area (Å²) in [5.74, 6) is 0.600. The van der Waals surface area contributed by atoms with Crippen molar-refractivity contribution in [2.24, 2.45) is 5.92 Å². The SMILES string of the molecule is O=C(NCCc1nc2ccc(F)cc2[nH]1)[C@@H]1CCCCN1C(=O)C1CC1. The summed E-state index contributed by atoms with van der Waals surface area (Å²) < 4.78 is 13.2. The van der Waals surface area contributed by atoms with Crippen molar-refractivity contribution in [3.8, 4) is 0 Å². The number of halogens is 1. The normalized spacial score (nSPS) is 20.3. The van der Waals surface area contributed by atoms with Gasteiger partial charge in [0.1, 0.15) is 17.7 Å². The first-order valence-electron chi connectivity index (χ1n) is 9.34. The Morgan fingerprint density at radius 3 is 2.92 bits per heavy atom. The second-order valence-corrected chi connectivity index (χ2v) is 7.20. The summed E-state index contributed by atoms with van der Waals surface area (Å²) in [6, 6.07) is 4.07. The van der Waals surface area contributed by atoms with E-state index < -0.39 is 0 Å². The van der Waals surface area contributed by atoms with Gasteiger partial charge in [0.05, 0.1) is 11.0 Å². The maximum absolute atomic E-state index is 13.2. The zero-order valence-corrected chi connectivity index (χ0v) is 14.6. The summed E-state index contributed by atoms with van der Waals surface area (Å²) in [6.45, 7) is 1.12. The molecule has 2 amide bonds. The highest BCUT2D eigenvalue weighted by Gasteiger charge is 2.39. The Bertz CT molecular complexity index is 830. The van der Waals surface area contributed by atoms with Gasteiger partial charge < -0.3 is 15.2 Å². The highest BCUT2D eigenvalue weighted by molar-refractivity contribution is 5.89. The number of likely N-dealkylation sites (tertiary alicyclic amines) is 1. The standard InChI is InChI=1S/C19H23FN4O2/c20-13-6-7-14-15(11-13)23-17(22-14)8-9-21-18(25)16-3-1-2-10-24(16)19(26)12-4-5-12/h6-7,11-12,16H,1-5,8-10H2,(H,21,25)(H,22,23)/t16-/m0/s1. The van der Waals surface area contributed by atoms with E-state index in [1.807, 2.05) is 0 Å². The summed E-state index contributed by atoms with van der Waals surface area (Å²) in [6.07, 6.45) is 5.12. The topological polar surface area (TPSA) is 78.1 Å². The third kappa shape index (κ3) is 3.57. The van der Waals surface area contributed by atoms with Gasteiger partial charge in [-0.2, -0.15) is 0 Å². The summed E-state index contributed by atoms with van der Waals surface area (Å²) in [7, 11) is 0. The molecular weight excluding hydrogens is 335 g/mol. The molecule has 2 heterocycles. The van der Waals surface area contributed by atoms with Crippen LogP contribution in [0.4, 0.5) is 4.39 Å². The van der Waals surface area contributed by atoms with Gasteiger partial charge in [-0.15, -0.1) is 0 Å². The largest absolute Gasteiger partial charge is 0.354 e. The smallest absolute Gasteiger partial charge is 0.242 e. The summed E-state index contributed by atoms with van der Waals surface area (Å²) in [5, 5.41) is 2.93. The maximum Gasteiger partial charge on any atom is 0.242 e. The van der Waals surface area contributed by atoms with Gasteiger partial charge in [0, 0.05) is 25.4 Å². The molecule has 2 aromatic rings. The van der Waals surface area contributed by atoms with Crippen LogP contribution in [-0.4, -0.2) is 45.8 Å².